The molecule has 0 N–H and O–H groups in total. The smallest absolute Gasteiger partial charge is 0.397 e. The van der Waals surface area contributed by atoms with E-state index in [1.807, 2.05) is 19.9 Å². The maximum Gasteiger partial charge on any atom is 0.397 e. The molecule has 5 heteroatoms. The minimum Gasteiger partial charge on any atom is -0.493 e. The second-order valence-electron chi connectivity index (χ2n) is 5.19. The van der Waals surface area contributed by atoms with Crippen LogP contribution in [0.15, 0.2) is 17.0 Å². The van der Waals surface area contributed by atoms with Crippen LogP contribution in [-0.4, -0.2) is 24.4 Å². The molecule has 0 bridgehead atoms. The van der Waals surface area contributed by atoms with Crippen LogP contribution in [0.3, 0.4) is 0 Å². The first-order valence-corrected chi connectivity index (χ1v) is 8.62. The number of halogens is 3. The summed E-state index contributed by atoms with van der Waals surface area (Å²) in [5.41, 5.74) is 1.80. The molecule has 1 nitrogen and oxygen atoms in total. The van der Waals surface area contributed by atoms with Gasteiger partial charge >= 0.3 is 6.18 Å². The molecule has 0 aliphatic heterocycles. The Balaban J connectivity index is 2.87. The van der Waals surface area contributed by atoms with Gasteiger partial charge in [0.2, 0.25) is 0 Å². The molecule has 120 valence electrons. The van der Waals surface area contributed by atoms with Crippen molar-refractivity contribution < 1.29 is 17.9 Å². The summed E-state index contributed by atoms with van der Waals surface area (Å²) in [6, 6.07) is 3.62. The Morgan fingerprint density at radius 1 is 1.14 bits per heavy atom. The molecule has 0 aromatic heterocycles. The highest BCUT2D eigenvalue weighted by atomic mass is 32.2. The largest absolute Gasteiger partial charge is 0.493 e. The van der Waals surface area contributed by atoms with Crippen molar-refractivity contribution in [2.75, 3.05) is 12.4 Å². The lowest BCUT2D eigenvalue weighted by atomic mass is 10.1. The van der Waals surface area contributed by atoms with Crippen molar-refractivity contribution in [3.8, 4) is 5.75 Å². The zero-order chi connectivity index (χ0) is 16.0. The molecule has 0 saturated heterocycles. The molecule has 0 heterocycles. The van der Waals surface area contributed by atoms with E-state index in [-0.39, 0.29) is 0 Å². The van der Waals surface area contributed by atoms with E-state index in [0.717, 1.165) is 30.4 Å². The van der Waals surface area contributed by atoms with Crippen molar-refractivity contribution in [1.82, 2.24) is 0 Å². The summed E-state index contributed by atoms with van der Waals surface area (Å²) in [6.07, 6.45) is -1.04. The third-order valence-electron chi connectivity index (χ3n) is 3.13. The van der Waals surface area contributed by atoms with E-state index < -0.39 is 22.4 Å². The molecule has 0 amide bonds. The molecule has 1 unspecified atom stereocenters. The number of hydrogen-bond acceptors (Lipinski definition) is 1. The van der Waals surface area contributed by atoms with E-state index in [2.05, 4.69) is 12.8 Å². The lowest BCUT2D eigenvalue weighted by Crippen LogP contribution is -2.12. The van der Waals surface area contributed by atoms with Crippen LogP contribution in [-0.2, 0) is 0 Å². The van der Waals surface area contributed by atoms with Crippen LogP contribution in [0.4, 0.5) is 13.2 Å². The number of unbranched alkanes of at least 4 members (excludes halogenated alkanes) is 2. The van der Waals surface area contributed by atoms with Gasteiger partial charge in [0.15, 0.2) is 0 Å². The Morgan fingerprint density at radius 2 is 1.81 bits per heavy atom. The van der Waals surface area contributed by atoms with Crippen LogP contribution in [0.5, 0.6) is 5.75 Å². The van der Waals surface area contributed by atoms with Crippen molar-refractivity contribution in [1.29, 1.82) is 0 Å². The summed E-state index contributed by atoms with van der Waals surface area (Å²) in [7, 11) is -1.10. The molecular formula is C16H23F3OS. The van der Waals surface area contributed by atoms with Gasteiger partial charge in [-0.1, -0.05) is 31.7 Å². The first kappa shape index (κ1) is 18.1. The van der Waals surface area contributed by atoms with Gasteiger partial charge in [0.25, 0.3) is 0 Å². The number of hydrogen-bond donors (Lipinski definition) is 0. The molecule has 0 aliphatic carbocycles. The summed E-state index contributed by atoms with van der Waals surface area (Å²) in [6.45, 7) is 6.45. The second kappa shape index (κ2) is 7.87. The number of alkyl halides is 3. The molecule has 0 fully saturated rings. The van der Waals surface area contributed by atoms with E-state index in [4.69, 9.17) is 4.74 Å². The van der Waals surface area contributed by atoms with Crippen molar-refractivity contribution in [3.63, 3.8) is 0 Å². The Hall–Kier alpha value is -0.970. The van der Waals surface area contributed by atoms with Crippen molar-refractivity contribution >= 4 is 16.4 Å². The summed E-state index contributed by atoms with van der Waals surface area (Å²) in [4.78, 5) is 0.642. The highest BCUT2D eigenvalue weighted by Crippen LogP contribution is 2.37. The van der Waals surface area contributed by atoms with Gasteiger partial charge in [-0.15, -0.1) is 0 Å². The Kier molecular flexibility index (Phi) is 6.78. The topological polar surface area (TPSA) is 9.23 Å². The van der Waals surface area contributed by atoms with Crippen molar-refractivity contribution in [2.24, 2.45) is 0 Å². The average molecular weight is 320 g/mol. The predicted molar refractivity (Wildman–Crippen MR) is 84.8 cm³/mol. The number of rotatable bonds is 7. The fourth-order valence-electron chi connectivity index (χ4n) is 2.09. The standard InChI is InChI=1S/C16H23F3OS/c1-5-6-7-8-20-14-10-15(13(3)9-12(14)2)21(4)11-16(17,18)19/h9-10H,4-8,11H2,1-3H3. The zero-order valence-electron chi connectivity index (χ0n) is 12.8. The van der Waals surface area contributed by atoms with E-state index in [1.165, 1.54) is 0 Å². The quantitative estimate of drug-likeness (QED) is 0.476. The SMILES string of the molecule is C=S(CC(F)(F)F)c1cc(OCCCCC)c(C)cc1C. The maximum atomic E-state index is 12.5. The third kappa shape index (κ3) is 6.12. The number of aryl methyl sites for hydroxylation is 2. The number of ether oxygens (including phenoxy) is 1. The first-order chi connectivity index (χ1) is 9.74. The molecule has 0 radical (unpaired) electrons. The molecule has 0 spiro atoms. The normalized spacial score (nSPS) is 13.2. The summed E-state index contributed by atoms with van der Waals surface area (Å²) in [5, 5.41) is 0. The van der Waals surface area contributed by atoms with Gasteiger partial charge in [-0.05, 0) is 37.5 Å². The van der Waals surface area contributed by atoms with Crippen LogP contribution >= 0.6 is 10.5 Å². The van der Waals surface area contributed by atoms with Gasteiger partial charge in [0.1, 0.15) is 5.75 Å². The highest BCUT2D eigenvalue weighted by Gasteiger charge is 2.28. The van der Waals surface area contributed by atoms with Gasteiger partial charge < -0.3 is 4.74 Å². The number of benzene rings is 1. The predicted octanol–water partition coefficient (Wildman–Crippen LogP) is 5.49. The monoisotopic (exact) mass is 320 g/mol. The minimum absolute atomic E-state index is 0.599. The molecule has 0 saturated carbocycles. The summed E-state index contributed by atoms with van der Waals surface area (Å²) >= 11 is 0. The molecule has 1 aromatic rings. The second-order valence-corrected chi connectivity index (χ2v) is 6.91. The molecule has 1 atom stereocenters. The van der Waals surface area contributed by atoms with Gasteiger partial charge in [0, 0.05) is 4.90 Å². The molecule has 1 rings (SSSR count). The van der Waals surface area contributed by atoms with Crippen molar-refractivity contribution in [2.45, 2.75) is 51.1 Å². The average Bonchev–Trinajstić information content (AvgIpc) is 2.34. The van der Waals surface area contributed by atoms with Gasteiger partial charge in [-0.3, -0.25) is 0 Å². The lowest BCUT2D eigenvalue weighted by Gasteiger charge is -2.17. The van der Waals surface area contributed by atoms with Gasteiger partial charge in [-0.2, -0.15) is 23.7 Å². The van der Waals surface area contributed by atoms with E-state index in [1.54, 1.807) is 6.07 Å². The summed E-state index contributed by atoms with van der Waals surface area (Å²) < 4.78 is 43.3. The Labute approximate surface area is 127 Å². The van der Waals surface area contributed by atoms with Crippen LogP contribution in [0.2, 0.25) is 0 Å². The molecule has 21 heavy (non-hydrogen) atoms. The van der Waals surface area contributed by atoms with Crippen LogP contribution in [0.25, 0.3) is 0 Å². The Bertz CT molecular complexity index is 495. The maximum absolute atomic E-state index is 12.5. The van der Waals surface area contributed by atoms with E-state index in [0.29, 0.717) is 17.3 Å². The van der Waals surface area contributed by atoms with Crippen molar-refractivity contribution in [3.05, 3.63) is 23.3 Å². The molecule has 1 aromatic carbocycles. The van der Waals surface area contributed by atoms with Crippen LogP contribution < -0.4 is 4.74 Å². The molecule has 0 aliphatic rings. The zero-order valence-corrected chi connectivity index (χ0v) is 13.7. The van der Waals surface area contributed by atoms with Gasteiger partial charge in [-0.25, -0.2) is 0 Å². The first-order valence-electron chi connectivity index (χ1n) is 7.06. The van der Waals surface area contributed by atoms with E-state index >= 15 is 0 Å². The van der Waals surface area contributed by atoms with E-state index in [9.17, 15) is 13.2 Å². The third-order valence-corrected chi connectivity index (χ3v) is 4.86. The lowest BCUT2D eigenvalue weighted by molar-refractivity contribution is -0.105. The van der Waals surface area contributed by atoms with Crippen LogP contribution in [0, 0.1) is 13.8 Å². The fourth-order valence-corrected chi connectivity index (χ4v) is 3.43. The Morgan fingerprint density at radius 3 is 2.38 bits per heavy atom. The minimum atomic E-state index is -4.19. The fraction of sp³-hybridized carbons (Fsp3) is 0.562. The highest BCUT2D eigenvalue weighted by molar-refractivity contribution is 8.14. The molecular weight excluding hydrogens is 297 g/mol. The summed E-state index contributed by atoms with van der Waals surface area (Å²) in [5.74, 6) is 3.48. The van der Waals surface area contributed by atoms with Crippen LogP contribution in [0.1, 0.15) is 37.3 Å². The van der Waals surface area contributed by atoms with Gasteiger partial charge in [0.05, 0.1) is 12.4 Å².